The zero-order valence-corrected chi connectivity index (χ0v) is 10.0. The SMILES string of the molecule is C[C@H](N)C(=O)Oc1c(Cl)cc(Cl)cc1Cl. The van der Waals surface area contributed by atoms with Crippen molar-refractivity contribution in [2.24, 2.45) is 5.73 Å². The molecule has 0 unspecified atom stereocenters. The van der Waals surface area contributed by atoms with E-state index in [1.807, 2.05) is 0 Å². The van der Waals surface area contributed by atoms with Crippen molar-refractivity contribution < 1.29 is 9.53 Å². The summed E-state index contributed by atoms with van der Waals surface area (Å²) in [5.74, 6) is -0.536. The van der Waals surface area contributed by atoms with E-state index in [1.54, 1.807) is 0 Å². The molecule has 0 saturated heterocycles. The summed E-state index contributed by atoms with van der Waals surface area (Å²) in [5.41, 5.74) is 5.33. The fourth-order valence-corrected chi connectivity index (χ4v) is 1.71. The fourth-order valence-electron chi connectivity index (χ4n) is 0.820. The van der Waals surface area contributed by atoms with Crippen LogP contribution < -0.4 is 10.5 Å². The highest BCUT2D eigenvalue weighted by atomic mass is 35.5. The van der Waals surface area contributed by atoms with Crippen LogP contribution in [0.25, 0.3) is 0 Å². The molecule has 0 aliphatic rings. The van der Waals surface area contributed by atoms with Crippen LogP contribution in [0.5, 0.6) is 5.75 Å². The molecule has 6 heteroatoms. The third kappa shape index (κ3) is 3.24. The Morgan fingerprint density at radius 3 is 2.20 bits per heavy atom. The molecule has 1 aromatic carbocycles. The first-order chi connectivity index (χ1) is 6.91. The van der Waals surface area contributed by atoms with Crippen molar-refractivity contribution in [3.63, 3.8) is 0 Å². The Morgan fingerprint density at radius 1 is 1.33 bits per heavy atom. The second-order valence-electron chi connectivity index (χ2n) is 2.91. The minimum atomic E-state index is -0.743. The van der Waals surface area contributed by atoms with E-state index in [2.05, 4.69) is 0 Å². The summed E-state index contributed by atoms with van der Waals surface area (Å²) in [5, 5.41) is 0.702. The average Bonchev–Trinajstić information content (AvgIpc) is 2.10. The number of esters is 1. The summed E-state index contributed by atoms with van der Waals surface area (Å²) in [6.07, 6.45) is 0. The maximum Gasteiger partial charge on any atom is 0.328 e. The van der Waals surface area contributed by atoms with Crippen LogP contribution in [0.15, 0.2) is 12.1 Å². The van der Waals surface area contributed by atoms with Gasteiger partial charge >= 0.3 is 5.97 Å². The lowest BCUT2D eigenvalue weighted by molar-refractivity contribution is -0.135. The van der Waals surface area contributed by atoms with E-state index in [4.69, 9.17) is 45.3 Å². The Labute approximate surface area is 102 Å². The molecule has 82 valence electrons. The normalized spacial score (nSPS) is 12.3. The van der Waals surface area contributed by atoms with Gasteiger partial charge in [0.05, 0.1) is 10.0 Å². The average molecular weight is 269 g/mol. The minimum absolute atomic E-state index is 0.0741. The molecular weight excluding hydrogens is 260 g/mol. The van der Waals surface area contributed by atoms with Crippen LogP contribution in [0.4, 0.5) is 0 Å². The number of ether oxygens (including phenoxy) is 1. The number of hydrogen-bond donors (Lipinski definition) is 1. The molecule has 15 heavy (non-hydrogen) atoms. The second kappa shape index (κ2) is 5.03. The Balaban J connectivity index is 3.00. The molecule has 0 radical (unpaired) electrons. The molecule has 3 nitrogen and oxygen atoms in total. The lowest BCUT2D eigenvalue weighted by Crippen LogP contribution is -2.31. The molecule has 0 spiro atoms. The molecule has 2 N–H and O–H groups in total. The van der Waals surface area contributed by atoms with Crippen molar-refractivity contribution in [2.75, 3.05) is 0 Å². The fraction of sp³-hybridized carbons (Fsp3) is 0.222. The molecule has 0 heterocycles. The molecule has 1 atom stereocenters. The number of carbonyl (C=O) groups is 1. The van der Waals surface area contributed by atoms with Crippen LogP contribution in [0.3, 0.4) is 0 Å². The van der Waals surface area contributed by atoms with Gasteiger partial charge in [-0.05, 0) is 19.1 Å². The molecule has 0 amide bonds. The van der Waals surface area contributed by atoms with Crippen LogP contribution >= 0.6 is 34.8 Å². The summed E-state index contributed by atoms with van der Waals surface area (Å²) < 4.78 is 4.91. The third-order valence-electron chi connectivity index (χ3n) is 1.54. The maximum absolute atomic E-state index is 11.2. The van der Waals surface area contributed by atoms with E-state index in [9.17, 15) is 4.79 Å². The highest BCUT2D eigenvalue weighted by molar-refractivity contribution is 6.40. The molecule has 0 aliphatic carbocycles. The number of hydrogen-bond acceptors (Lipinski definition) is 3. The quantitative estimate of drug-likeness (QED) is 0.663. The number of carbonyl (C=O) groups excluding carboxylic acids is 1. The van der Waals surface area contributed by atoms with Gasteiger partial charge in [0.25, 0.3) is 0 Å². The molecule has 1 rings (SSSR count). The first-order valence-corrected chi connectivity index (χ1v) is 5.17. The van der Waals surface area contributed by atoms with Gasteiger partial charge in [-0.3, -0.25) is 0 Å². The number of rotatable bonds is 2. The highest BCUT2D eigenvalue weighted by Crippen LogP contribution is 2.35. The summed E-state index contributed by atoms with van der Waals surface area (Å²) in [7, 11) is 0. The summed E-state index contributed by atoms with van der Waals surface area (Å²) in [4.78, 5) is 11.2. The van der Waals surface area contributed by atoms with E-state index < -0.39 is 12.0 Å². The van der Waals surface area contributed by atoms with Gasteiger partial charge in [0.2, 0.25) is 0 Å². The standard InChI is InChI=1S/C9H8Cl3NO2/c1-4(13)9(14)15-8-6(11)2-5(10)3-7(8)12/h2-4H,13H2,1H3/t4-/m0/s1. The Hall–Kier alpha value is -0.480. The van der Waals surface area contributed by atoms with E-state index in [0.717, 1.165) is 0 Å². The Morgan fingerprint density at radius 2 is 1.80 bits per heavy atom. The Kier molecular flexibility index (Phi) is 4.22. The van der Waals surface area contributed by atoms with Gasteiger partial charge in [-0.15, -0.1) is 0 Å². The largest absolute Gasteiger partial charge is 0.422 e. The number of benzene rings is 1. The molecule has 0 aromatic heterocycles. The highest BCUT2D eigenvalue weighted by Gasteiger charge is 2.16. The van der Waals surface area contributed by atoms with Gasteiger partial charge in [-0.2, -0.15) is 0 Å². The lowest BCUT2D eigenvalue weighted by atomic mass is 10.3. The van der Waals surface area contributed by atoms with Crippen molar-refractivity contribution in [3.8, 4) is 5.75 Å². The Bertz CT molecular complexity index is 370. The van der Waals surface area contributed by atoms with E-state index in [0.29, 0.717) is 5.02 Å². The van der Waals surface area contributed by atoms with E-state index in [-0.39, 0.29) is 15.8 Å². The van der Waals surface area contributed by atoms with Crippen LogP contribution in [-0.2, 0) is 4.79 Å². The first kappa shape index (κ1) is 12.6. The summed E-state index contributed by atoms with van der Waals surface area (Å²) in [6.45, 7) is 1.50. The van der Waals surface area contributed by atoms with Crippen molar-refractivity contribution in [3.05, 3.63) is 27.2 Å². The van der Waals surface area contributed by atoms with E-state index in [1.165, 1.54) is 19.1 Å². The van der Waals surface area contributed by atoms with Gasteiger partial charge in [0.1, 0.15) is 6.04 Å². The summed E-state index contributed by atoms with van der Waals surface area (Å²) >= 11 is 17.3. The minimum Gasteiger partial charge on any atom is -0.422 e. The predicted octanol–water partition coefficient (Wildman–Crippen LogP) is 2.90. The van der Waals surface area contributed by atoms with Crippen molar-refractivity contribution in [2.45, 2.75) is 13.0 Å². The molecule has 0 saturated carbocycles. The number of halogens is 3. The van der Waals surface area contributed by atoms with Crippen molar-refractivity contribution in [1.29, 1.82) is 0 Å². The first-order valence-electron chi connectivity index (χ1n) is 4.03. The zero-order chi connectivity index (χ0) is 11.6. The molecule has 1 aromatic rings. The van der Waals surface area contributed by atoms with Crippen molar-refractivity contribution in [1.82, 2.24) is 0 Å². The molecule has 0 bridgehead atoms. The van der Waals surface area contributed by atoms with E-state index >= 15 is 0 Å². The molecular formula is C9H8Cl3NO2. The van der Waals surface area contributed by atoms with Crippen LogP contribution in [0.1, 0.15) is 6.92 Å². The third-order valence-corrected chi connectivity index (χ3v) is 2.32. The topological polar surface area (TPSA) is 52.3 Å². The molecule has 0 aliphatic heterocycles. The van der Waals surface area contributed by atoms with Gasteiger partial charge in [0, 0.05) is 5.02 Å². The zero-order valence-electron chi connectivity index (χ0n) is 7.76. The predicted molar refractivity (Wildman–Crippen MR) is 60.8 cm³/mol. The monoisotopic (exact) mass is 267 g/mol. The van der Waals surface area contributed by atoms with Crippen LogP contribution in [-0.4, -0.2) is 12.0 Å². The van der Waals surface area contributed by atoms with Gasteiger partial charge in [-0.1, -0.05) is 34.8 Å². The lowest BCUT2D eigenvalue weighted by Gasteiger charge is -2.10. The summed E-state index contributed by atoms with van der Waals surface area (Å²) in [6, 6.07) is 2.12. The second-order valence-corrected chi connectivity index (χ2v) is 4.16. The maximum atomic E-state index is 11.2. The smallest absolute Gasteiger partial charge is 0.328 e. The van der Waals surface area contributed by atoms with Crippen LogP contribution in [0.2, 0.25) is 15.1 Å². The van der Waals surface area contributed by atoms with Crippen LogP contribution in [0, 0.1) is 0 Å². The van der Waals surface area contributed by atoms with Gasteiger partial charge in [-0.25, -0.2) is 4.79 Å². The van der Waals surface area contributed by atoms with Gasteiger partial charge in [0.15, 0.2) is 5.75 Å². The molecule has 0 fully saturated rings. The number of nitrogens with two attached hydrogens (primary N) is 1. The van der Waals surface area contributed by atoms with Gasteiger partial charge < -0.3 is 10.5 Å². The van der Waals surface area contributed by atoms with Crippen molar-refractivity contribution >= 4 is 40.8 Å².